The monoisotopic (exact) mass is 226 g/mol. The van der Waals surface area contributed by atoms with Crippen molar-refractivity contribution in [3.05, 3.63) is 23.7 Å². The molecule has 5 nitrogen and oxygen atoms in total. The summed E-state index contributed by atoms with van der Waals surface area (Å²) >= 11 is 0. The number of carbonyl (C=O) groups excluding carboxylic acids is 1. The fraction of sp³-hybridized carbons (Fsp3) is 0.545. The van der Waals surface area contributed by atoms with E-state index in [9.17, 15) is 4.79 Å². The van der Waals surface area contributed by atoms with Gasteiger partial charge in [0.25, 0.3) is 5.91 Å². The molecule has 5 heteroatoms. The van der Waals surface area contributed by atoms with Crippen molar-refractivity contribution in [2.24, 2.45) is 5.73 Å². The number of nitrogens with two attached hydrogens (primary N) is 1. The summed E-state index contributed by atoms with van der Waals surface area (Å²) in [6.07, 6.45) is 0. The zero-order chi connectivity index (χ0) is 12.1. The zero-order valence-electron chi connectivity index (χ0n) is 9.90. The van der Waals surface area contributed by atoms with Crippen LogP contribution in [-0.4, -0.2) is 37.6 Å². The van der Waals surface area contributed by atoms with E-state index in [2.05, 4.69) is 0 Å². The van der Waals surface area contributed by atoms with E-state index >= 15 is 0 Å². The molecular weight excluding hydrogens is 208 g/mol. The topological polar surface area (TPSA) is 68.7 Å². The van der Waals surface area contributed by atoms with Crippen LogP contribution in [0.1, 0.15) is 23.2 Å². The van der Waals surface area contributed by atoms with Crippen molar-refractivity contribution in [2.45, 2.75) is 19.6 Å². The zero-order valence-corrected chi connectivity index (χ0v) is 9.90. The van der Waals surface area contributed by atoms with Gasteiger partial charge in [-0.05, 0) is 19.1 Å². The van der Waals surface area contributed by atoms with E-state index in [0.29, 0.717) is 24.7 Å². The summed E-state index contributed by atoms with van der Waals surface area (Å²) in [6, 6.07) is 3.37. The van der Waals surface area contributed by atoms with Gasteiger partial charge in [0.1, 0.15) is 12.4 Å². The number of hydrogen-bond donors (Lipinski definition) is 1. The molecule has 1 atom stereocenters. The molecule has 0 bridgehead atoms. The summed E-state index contributed by atoms with van der Waals surface area (Å²) < 4.78 is 10.3. The Morgan fingerprint density at radius 2 is 2.31 bits per heavy atom. The van der Waals surface area contributed by atoms with Crippen LogP contribution in [0, 0.1) is 0 Å². The second-order valence-electron chi connectivity index (χ2n) is 3.70. The maximum Gasteiger partial charge on any atom is 0.289 e. The quantitative estimate of drug-likeness (QED) is 0.808. The van der Waals surface area contributed by atoms with Gasteiger partial charge in [0.2, 0.25) is 0 Å². The summed E-state index contributed by atoms with van der Waals surface area (Å²) in [6.45, 7) is 2.67. The molecule has 1 aromatic heterocycles. The van der Waals surface area contributed by atoms with E-state index in [1.807, 2.05) is 6.92 Å². The van der Waals surface area contributed by atoms with Gasteiger partial charge < -0.3 is 19.8 Å². The fourth-order valence-corrected chi connectivity index (χ4v) is 1.24. The van der Waals surface area contributed by atoms with Crippen molar-refractivity contribution in [2.75, 3.05) is 20.7 Å². The lowest BCUT2D eigenvalue weighted by Crippen LogP contribution is -2.39. The van der Waals surface area contributed by atoms with Gasteiger partial charge >= 0.3 is 0 Å². The number of hydrogen-bond acceptors (Lipinski definition) is 4. The molecule has 1 heterocycles. The molecule has 0 aliphatic carbocycles. The van der Waals surface area contributed by atoms with Crippen LogP contribution >= 0.6 is 0 Å². The number of rotatable bonds is 5. The Balaban J connectivity index is 2.72. The first-order valence-corrected chi connectivity index (χ1v) is 5.15. The first kappa shape index (κ1) is 12.7. The van der Waals surface area contributed by atoms with Crippen molar-refractivity contribution < 1.29 is 13.9 Å². The lowest BCUT2D eigenvalue weighted by Gasteiger charge is -2.22. The van der Waals surface area contributed by atoms with Gasteiger partial charge in [-0.2, -0.15) is 0 Å². The second-order valence-corrected chi connectivity index (χ2v) is 3.70. The van der Waals surface area contributed by atoms with Gasteiger partial charge in [-0.25, -0.2) is 0 Å². The Labute approximate surface area is 95.2 Å². The van der Waals surface area contributed by atoms with Crippen molar-refractivity contribution in [1.82, 2.24) is 4.90 Å². The molecule has 16 heavy (non-hydrogen) atoms. The van der Waals surface area contributed by atoms with Crippen molar-refractivity contribution >= 4 is 5.91 Å². The summed E-state index contributed by atoms with van der Waals surface area (Å²) in [5, 5.41) is 0. The minimum Gasteiger partial charge on any atom is -0.453 e. The lowest BCUT2D eigenvalue weighted by atomic mass is 10.3. The maximum absolute atomic E-state index is 11.9. The summed E-state index contributed by atoms with van der Waals surface area (Å²) in [4.78, 5) is 13.5. The number of nitrogens with zero attached hydrogens (tertiary/aromatic N) is 1. The smallest absolute Gasteiger partial charge is 0.289 e. The molecule has 1 unspecified atom stereocenters. The van der Waals surface area contributed by atoms with E-state index < -0.39 is 0 Å². The number of furan rings is 1. The summed E-state index contributed by atoms with van der Waals surface area (Å²) in [5.41, 5.74) is 5.50. The highest BCUT2D eigenvalue weighted by Crippen LogP contribution is 2.12. The van der Waals surface area contributed by atoms with E-state index in [1.54, 1.807) is 31.2 Å². The minimum absolute atomic E-state index is 0.0107. The van der Waals surface area contributed by atoms with Crippen molar-refractivity contribution in [3.63, 3.8) is 0 Å². The van der Waals surface area contributed by atoms with Crippen LogP contribution in [0.5, 0.6) is 0 Å². The Kier molecular flexibility index (Phi) is 4.52. The van der Waals surface area contributed by atoms with Gasteiger partial charge in [-0.15, -0.1) is 0 Å². The van der Waals surface area contributed by atoms with E-state index in [4.69, 9.17) is 14.9 Å². The largest absolute Gasteiger partial charge is 0.453 e. The number of ether oxygens (including phenoxy) is 1. The van der Waals surface area contributed by atoms with Gasteiger partial charge in [-0.1, -0.05) is 0 Å². The Morgan fingerprint density at radius 1 is 1.62 bits per heavy atom. The molecule has 1 amide bonds. The van der Waals surface area contributed by atoms with Gasteiger partial charge in [-0.3, -0.25) is 4.79 Å². The number of amides is 1. The minimum atomic E-state index is -0.166. The normalized spacial score (nSPS) is 12.5. The van der Waals surface area contributed by atoms with Crippen LogP contribution in [-0.2, 0) is 11.3 Å². The molecule has 0 fully saturated rings. The van der Waals surface area contributed by atoms with Crippen molar-refractivity contribution in [1.29, 1.82) is 0 Å². The van der Waals surface area contributed by atoms with Crippen LogP contribution < -0.4 is 5.73 Å². The molecule has 90 valence electrons. The molecule has 0 saturated heterocycles. The van der Waals surface area contributed by atoms with E-state index in [-0.39, 0.29) is 11.9 Å². The Morgan fingerprint density at radius 3 is 2.88 bits per heavy atom. The van der Waals surface area contributed by atoms with Crippen LogP contribution in [0.3, 0.4) is 0 Å². The molecule has 0 spiro atoms. The molecule has 1 aromatic rings. The number of carbonyl (C=O) groups is 1. The Hall–Kier alpha value is -1.33. The van der Waals surface area contributed by atoms with Gasteiger partial charge in [0.05, 0.1) is 0 Å². The van der Waals surface area contributed by atoms with Crippen molar-refractivity contribution in [3.8, 4) is 0 Å². The lowest BCUT2D eigenvalue weighted by molar-refractivity contribution is 0.0708. The predicted octanol–water partition coefficient (Wildman–Crippen LogP) is 0.845. The highest BCUT2D eigenvalue weighted by molar-refractivity contribution is 5.91. The van der Waals surface area contributed by atoms with Gasteiger partial charge in [0.15, 0.2) is 5.76 Å². The molecule has 0 saturated carbocycles. The van der Waals surface area contributed by atoms with Crippen LogP contribution in [0.4, 0.5) is 0 Å². The third kappa shape index (κ3) is 2.84. The summed E-state index contributed by atoms with van der Waals surface area (Å²) in [5.74, 6) is 0.787. The predicted molar refractivity (Wildman–Crippen MR) is 60.0 cm³/mol. The van der Waals surface area contributed by atoms with Crippen LogP contribution in [0.2, 0.25) is 0 Å². The molecular formula is C11H18N2O3. The Bertz CT molecular complexity index is 349. The molecule has 0 aliphatic heterocycles. The SMILES string of the molecule is COCc1ccc(C(=O)N(C)C(C)CN)o1. The first-order chi connectivity index (χ1) is 7.60. The molecule has 0 aliphatic rings. The number of likely N-dealkylation sites (N-methyl/N-ethyl adjacent to an activating group) is 1. The highest BCUT2D eigenvalue weighted by Gasteiger charge is 2.19. The molecule has 0 aromatic carbocycles. The van der Waals surface area contributed by atoms with Crippen LogP contribution in [0.15, 0.2) is 16.5 Å². The molecule has 2 N–H and O–H groups in total. The average molecular weight is 226 g/mol. The summed E-state index contributed by atoms with van der Waals surface area (Å²) in [7, 11) is 3.28. The van der Waals surface area contributed by atoms with E-state index in [0.717, 1.165) is 0 Å². The second kappa shape index (κ2) is 5.67. The van der Waals surface area contributed by atoms with Gasteiger partial charge in [0, 0.05) is 26.7 Å². The maximum atomic E-state index is 11.9. The number of methoxy groups -OCH3 is 1. The fourth-order valence-electron chi connectivity index (χ4n) is 1.24. The third-order valence-corrected chi connectivity index (χ3v) is 2.48. The molecule has 0 radical (unpaired) electrons. The highest BCUT2D eigenvalue weighted by atomic mass is 16.5. The average Bonchev–Trinajstić information content (AvgIpc) is 2.75. The standard InChI is InChI=1S/C11H18N2O3/c1-8(6-12)13(2)11(14)10-5-4-9(16-10)7-15-3/h4-5,8H,6-7,12H2,1-3H3. The molecule has 1 rings (SSSR count). The first-order valence-electron chi connectivity index (χ1n) is 5.15. The van der Waals surface area contributed by atoms with E-state index in [1.165, 1.54) is 0 Å². The third-order valence-electron chi connectivity index (χ3n) is 2.48. The van der Waals surface area contributed by atoms with Crippen LogP contribution in [0.25, 0.3) is 0 Å².